The van der Waals surface area contributed by atoms with Gasteiger partial charge in [-0.05, 0) is 25.0 Å². The number of nitriles is 1. The molecule has 1 heterocycles. The van der Waals surface area contributed by atoms with Crippen LogP contribution in [0.5, 0.6) is 0 Å². The minimum absolute atomic E-state index is 0.114. The maximum atomic E-state index is 13.7. The first-order chi connectivity index (χ1) is 10.5. The van der Waals surface area contributed by atoms with Gasteiger partial charge in [-0.1, -0.05) is 12.1 Å². The van der Waals surface area contributed by atoms with E-state index in [2.05, 4.69) is 0 Å². The van der Waals surface area contributed by atoms with Gasteiger partial charge in [-0.25, -0.2) is 12.8 Å². The number of esters is 1. The van der Waals surface area contributed by atoms with Crippen LogP contribution in [-0.2, 0) is 19.6 Å². The van der Waals surface area contributed by atoms with Crippen molar-refractivity contribution < 1.29 is 22.3 Å². The Hall–Kier alpha value is -1.98. The Kier molecular flexibility index (Phi) is 5.11. The van der Waals surface area contributed by atoms with Crippen molar-refractivity contribution in [3.05, 3.63) is 30.1 Å². The van der Waals surface area contributed by atoms with Crippen molar-refractivity contribution >= 4 is 16.0 Å². The summed E-state index contributed by atoms with van der Waals surface area (Å²) in [4.78, 5) is 11.3. The molecule has 1 aromatic carbocycles. The summed E-state index contributed by atoms with van der Waals surface area (Å²) in [5.41, 5.74) is 0. The first-order valence-corrected chi connectivity index (χ1v) is 8.19. The third kappa shape index (κ3) is 3.43. The van der Waals surface area contributed by atoms with Crippen LogP contribution in [0.25, 0.3) is 0 Å². The van der Waals surface area contributed by atoms with Crippen LogP contribution in [0.3, 0.4) is 0 Å². The van der Waals surface area contributed by atoms with Crippen molar-refractivity contribution in [3.63, 3.8) is 0 Å². The molecule has 0 amide bonds. The van der Waals surface area contributed by atoms with Gasteiger partial charge in [-0.15, -0.1) is 0 Å². The monoisotopic (exact) mass is 326 g/mol. The summed E-state index contributed by atoms with van der Waals surface area (Å²) < 4.78 is 44.3. The summed E-state index contributed by atoms with van der Waals surface area (Å²) in [5.74, 6) is -1.72. The number of carbonyl (C=O) groups excluding carboxylic acids is 1. The van der Waals surface area contributed by atoms with E-state index in [1.807, 2.05) is 0 Å². The average molecular weight is 326 g/mol. The Morgan fingerprint density at radius 3 is 2.59 bits per heavy atom. The number of nitrogens with zero attached hydrogens (tertiary/aromatic N) is 2. The highest BCUT2D eigenvalue weighted by Crippen LogP contribution is 2.25. The number of hydrogen-bond acceptors (Lipinski definition) is 5. The predicted octanol–water partition coefficient (Wildman–Crippen LogP) is 1.29. The van der Waals surface area contributed by atoms with Gasteiger partial charge in [-0.3, -0.25) is 4.79 Å². The maximum Gasteiger partial charge on any atom is 0.310 e. The van der Waals surface area contributed by atoms with Crippen LogP contribution in [-0.4, -0.2) is 38.4 Å². The summed E-state index contributed by atoms with van der Waals surface area (Å²) in [6.45, 7) is -0.0848. The van der Waals surface area contributed by atoms with E-state index in [1.165, 1.54) is 22.5 Å². The zero-order valence-corrected chi connectivity index (χ0v) is 12.6. The van der Waals surface area contributed by atoms with E-state index in [1.54, 1.807) is 6.07 Å². The van der Waals surface area contributed by atoms with Crippen LogP contribution < -0.4 is 0 Å². The van der Waals surface area contributed by atoms with Gasteiger partial charge in [0.1, 0.15) is 16.8 Å². The molecule has 0 aliphatic carbocycles. The highest BCUT2D eigenvalue weighted by atomic mass is 32.2. The molecule has 2 rings (SSSR count). The molecule has 1 aromatic rings. The summed E-state index contributed by atoms with van der Waals surface area (Å²) in [6.07, 6.45) is 0.579. The standard InChI is InChI=1S/C14H15FN2O4S/c15-12-3-1-2-4-13(12)22(19,20)17-8-5-11(6-9-17)14(18)21-10-7-16/h1-4,11H,5-6,8-10H2. The minimum Gasteiger partial charge on any atom is -0.450 e. The SMILES string of the molecule is N#CCOC(=O)C1CCN(S(=O)(=O)c2ccccc2F)CC1. The van der Waals surface area contributed by atoms with E-state index in [0.29, 0.717) is 0 Å². The second-order valence-corrected chi connectivity index (χ2v) is 6.78. The number of carbonyl (C=O) groups is 1. The summed E-state index contributed by atoms with van der Waals surface area (Å²) in [7, 11) is -3.90. The normalized spacial score (nSPS) is 16.9. The lowest BCUT2D eigenvalue weighted by molar-refractivity contribution is -0.148. The van der Waals surface area contributed by atoms with Gasteiger partial charge in [0.05, 0.1) is 5.92 Å². The van der Waals surface area contributed by atoms with Crippen LogP contribution in [0.1, 0.15) is 12.8 Å². The van der Waals surface area contributed by atoms with E-state index in [4.69, 9.17) is 10.00 Å². The van der Waals surface area contributed by atoms with Gasteiger partial charge in [0.25, 0.3) is 0 Å². The number of halogens is 1. The molecule has 1 saturated heterocycles. The highest BCUT2D eigenvalue weighted by molar-refractivity contribution is 7.89. The molecule has 0 aromatic heterocycles. The van der Waals surface area contributed by atoms with Crippen molar-refractivity contribution in [1.82, 2.24) is 4.31 Å². The van der Waals surface area contributed by atoms with E-state index >= 15 is 0 Å². The first kappa shape index (κ1) is 16.4. The van der Waals surface area contributed by atoms with E-state index in [-0.39, 0.29) is 37.4 Å². The van der Waals surface area contributed by atoms with Gasteiger partial charge in [-0.2, -0.15) is 9.57 Å². The summed E-state index contributed by atoms with van der Waals surface area (Å²) in [5, 5.41) is 8.36. The lowest BCUT2D eigenvalue weighted by Crippen LogP contribution is -2.40. The third-order valence-corrected chi connectivity index (χ3v) is 5.45. The predicted molar refractivity (Wildman–Crippen MR) is 74.5 cm³/mol. The molecule has 8 heteroatoms. The Bertz CT molecular complexity index is 691. The lowest BCUT2D eigenvalue weighted by Gasteiger charge is -2.30. The fourth-order valence-corrected chi connectivity index (χ4v) is 3.88. The van der Waals surface area contributed by atoms with Crippen molar-refractivity contribution in [3.8, 4) is 6.07 Å². The molecule has 0 bridgehead atoms. The Morgan fingerprint density at radius 2 is 2.00 bits per heavy atom. The number of benzene rings is 1. The van der Waals surface area contributed by atoms with Crippen LogP contribution in [0.2, 0.25) is 0 Å². The highest BCUT2D eigenvalue weighted by Gasteiger charge is 2.33. The number of piperidine rings is 1. The average Bonchev–Trinajstić information content (AvgIpc) is 2.53. The molecule has 22 heavy (non-hydrogen) atoms. The Labute approximate surface area is 128 Å². The van der Waals surface area contributed by atoms with Crippen molar-refractivity contribution in [2.24, 2.45) is 5.92 Å². The smallest absolute Gasteiger partial charge is 0.310 e. The van der Waals surface area contributed by atoms with Crippen LogP contribution >= 0.6 is 0 Å². The zero-order valence-electron chi connectivity index (χ0n) is 11.7. The molecule has 1 aliphatic heterocycles. The molecular formula is C14H15FN2O4S. The molecule has 0 saturated carbocycles. The molecule has 6 nitrogen and oxygen atoms in total. The van der Waals surface area contributed by atoms with Crippen molar-refractivity contribution in [2.45, 2.75) is 17.7 Å². The molecule has 0 spiro atoms. The fraction of sp³-hybridized carbons (Fsp3) is 0.429. The largest absolute Gasteiger partial charge is 0.450 e. The molecule has 0 unspecified atom stereocenters. The molecule has 1 fully saturated rings. The number of ether oxygens (including phenoxy) is 1. The van der Waals surface area contributed by atoms with Gasteiger partial charge in [0, 0.05) is 13.1 Å². The number of hydrogen-bond donors (Lipinski definition) is 0. The van der Waals surface area contributed by atoms with Crippen LogP contribution in [0.4, 0.5) is 4.39 Å². The van der Waals surface area contributed by atoms with Crippen LogP contribution in [0.15, 0.2) is 29.2 Å². The molecule has 0 N–H and O–H groups in total. The fourth-order valence-electron chi connectivity index (χ4n) is 2.35. The zero-order chi connectivity index (χ0) is 16.2. The van der Waals surface area contributed by atoms with Crippen molar-refractivity contribution in [1.29, 1.82) is 5.26 Å². The van der Waals surface area contributed by atoms with Gasteiger partial charge < -0.3 is 4.74 Å². The topological polar surface area (TPSA) is 87.5 Å². The number of rotatable bonds is 4. The lowest BCUT2D eigenvalue weighted by atomic mass is 9.98. The second-order valence-electron chi connectivity index (χ2n) is 4.87. The van der Waals surface area contributed by atoms with E-state index in [0.717, 1.165) is 6.07 Å². The maximum absolute atomic E-state index is 13.7. The first-order valence-electron chi connectivity index (χ1n) is 6.75. The van der Waals surface area contributed by atoms with Gasteiger partial charge >= 0.3 is 5.97 Å². The van der Waals surface area contributed by atoms with Crippen molar-refractivity contribution in [2.75, 3.05) is 19.7 Å². The Morgan fingerprint density at radius 1 is 1.36 bits per heavy atom. The van der Waals surface area contributed by atoms with E-state index < -0.39 is 27.7 Å². The third-order valence-electron chi connectivity index (χ3n) is 3.52. The molecular weight excluding hydrogens is 311 g/mol. The van der Waals surface area contributed by atoms with E-state index in [9.17, 15) is 17.6 Å². The summed E-state index contributed by atoms with van der Waals surface area (Å²) >= 11 is 0. The molecule has 0 atom stereocenters. The molecule has 118 valence electrons. The van der Waals surface area contributed by atoms with Crippen LogP contribution in [0, 0.1) is 23.1 Å². The van der Waals surface area contributed by atoms with Gasteiger partial charge in [0.15, 0.2) is 6.61 Å². The quantitative estimate of drug-likeness (QED) is 0.778. The summed E-state index contributed by atoms with van der Waals surface area (Å²) in [6, 6.07) is 6.91. The Balaban J connectivity index is 2.04. The second kappa shape index (κ2) is 6.85. The number of sulfonamides is 1. The molecule has 1 aliphatic rings. The molecule has 0 radical (unpaired) electrons. The van der Waals surface area contributed by atoms with Gasteiger partial charge in [0.2, 0.25) is 10.0 Å². The minimum atomic E-state index is -3.90.